The molecule has 0 spiro atoms. The Kier molecular flexibility index (Phi) is 5.14. The molecule has 1 heterocycles. The molecule has 0 amide bonds. The lowest BCUT2D eigenvalue weighted by Gasteiger charge is -2.08. The molecule has 0 N–H and O–H groups in total. The zero-order valence-corrected chi connectivity index (χ0v) is 13.3. The lowest BCUT2D eigenvalue weighted by Crippen LogP contribution is -2.25. The predicted octanol–water partition coefficient (Wildman–Crippen LogP) is 5.76. The molecule has 0 aromatic heterocycles. The maximum absolute atomic E-state index is 13.0. The van der Waals surface area contributed by atoms with Gasteiger partial charge in [-0.1, -0.05) is 48.0 Å². The summed E-state index contributed by atoms with van der Waals surface area (Å²) in [4.78, 5) is 0. The van der Waals surface area contributed by atoms with E-state index in [1.165, 1.54) is 18.2 Å². The van der Waals surface area contributed by atoms with E-state index in [1.807, 2.05) is 0 Å². The van der Waals surface area contributed by atoms with Gasteiger partial charge in [-0.3, -0.25) is 0 Å². The molecule has 0 radical (unpaired) electrons. The van der Waals surface area contributed by atoms with Crippen LogP contribution in [0.1, 0.15) is 18.9 Å². The minimum atomic E-state index is -3.60. The van der Waals surface area contributed by atoms with E-state index in [9.17, 15) is 8.78 Å². The second kappa shape index (κ2) is 6.71. The van der Waals surface area contributed by atoms with E-state index in [0.717, 1.165) is 11.1 Å². The van der Waals surface area contributed by atoms with Crippen LogP contribution in [-0.4, -0.2) is 6.29 Å². The Morgan fingerprint density at radius 1 is 1.27 bits per heavy atom. The number of hydrogen-bond donors (Lipinski definition) is 0. The largest absolute Gasteiger partial charge is 0.586 e. The van der Waals surface area contributed by atoms with Crippen molar-refractivity contribution < 1.29 is 18.3 Å². The van der Waals surface area contributed by atoms with Gasteiger partial charge in [0.2, 0.25) is 0 Å². The lowest BCUT2D eigenvalue weighted by molar-refractivity contribution is -0.286. The fourth-order valence-electron chi connectivity index (χ4n) is 2.07. The highest BCUT2D eigenvalue weighted by molar-refractivity contribution is 6.36. The Balaban J connectivity index is 2.14. The third kappa shape index (κ3) is 3.81. The molecule has 0 unspecified atom stereocenters. The smallest absolute Gasteiger partial charge is 0.395 e. The zero-order chi connectivity index (χ0) is 16.3. The first-order chi connectivity index (χ1) is 10.4. The second-order valence-corrected chi connectivity index (χ2v) is 5.43. The van der Waals surface area contributed by atoms with E-state index in [-0.39, 0.29) is 11.5 Å². The number of rotatable bonds is 5. The molecule has 1 aromatic rings. The maximum atomic E-state index is 13.0. The summed E-state index contributed by atoms with van der Waals surface area (Å²) in [6.07, 6.45) is 0.758. The van der Waals surface area contributed by atoms with Gasteiger partial charge in [0.05, 0.1) is 0 Å². The maximum Gasteiger partial charge on any atom is 0.586 e. The van der Waals surface area contributed by atoms with Crippen molar-refractivity contribution in [1.82, 2.24) is 0 Å². The molecule has 0 saturated heterocycles. The van der Waals surface area contributed by atoms with Crippen LogP contribution in [0.2, 0.25) is 0 Å². The highest BCUT2D eigenvalue weighted by Crippen LogP contribution is 2.41. The van der Waals surface area contributed by atoms with Crippen molar-refractivity contribution in [2.24, 2.45) is 0 Å². The van der Waals surface area contributed by atoms with Gasteiger partial charge in [0.15, 0.2) is 11.5 Å². The molecule has 0 aliphatic carbocycles. The van der Waals surface area contributed by atoms with Gasteiger partial charge in [-0.25, -0.2) is 0 Å². The van der Waals surface area contributed by atoms with Crippen molar-refractivity contribution in [1.29, 1.82) is 0 Å². The number of allylic oxidation sites excluding steroid dienone is 5. The first-order valence-corrected chi connectivity index (χ1v) is 7.34. The van der Waals surface area contributed by atoms with Crippen molar-refractivity contribution >= 4 is 23.2 Å². The average Bonchev–Trinajstić information content (AvgIpc) is 2.79. The number of ether oxygens (including phenoxy) is 2. The number of aryl methyl sites for hydroxylation is 1. The summed E-state index contributed by atoms with van der Waals surface area (Å²) in [6, 6.07) is 4.69. The molecule has 0 saturated carbocycles. The normalized spacial score (nSPS) is 17.2. The predicted molar refractivity (Wildman–Crippen MR) is 83.7 cm³/mol. The van der Waals surface area contributed by atoms with Crippen LogP contribution in [0.15, 0.2) is 52.6 Å². The number of fused-ring (bicyclic) bond motifs is 1. The number of hydrogen-bond acceptors (Lipinski definition) is 2. The Hall–Kier alpha value is -1.52. The molecule has 2 rings (SSSR count). The monoisotopic (exact) mass is 346 g/mol. The van der Waals surface area contributed by atoms with Gasteiger partial charge >= 0.3 is 6.29 Å². The standard InChI is InChI=1S/C16H14Cl2F2O2/c1-3-12(17)11(13(18)4-2)7-5-10-6-8-14-15(9-10)22-16(19,20)21-14/h3-4,6,8-9H,1,5,7H2,2H3/b12-11+,13-4+. The molecule has 1 aliphatic heterocycles. The lowest BCUT2D eigenvalue weighted by atomic mass is 10.0. The molecular formula is C16H14Cl2F2O2. The van der Waals surface area contributed by atoms with Crippen molar-refractivity contribution in [2.45, 2.75) is 26.1 Å². The van der Waals surface area contributed by atoms with Crippen molar-refractivity contribution in [3.63, 3.8) is 0 Å². The third-order valence-electron chi connectivity index (χ3n) is 3.14. The van der Waals surface area contributed by atoms with Gasteiger partial charge in [-0.2, -0.15) is 0 Å². The van der Waals surface area contributed by atoms with Crippen molar-refractivity contribution in [2.75, 3.05) is 0 Å². The van der Waals surface area contributed by atoms with E-state index < -0.39 is 6.29 Å². The SMILES string of the molecule is C=C/C(Cl)=C(CCc1ccc2c(c1)OC(F)(F)O2)\C(Cl)=C/C. The van der Waals surface area contributed by atoms with Crippen molar-refractivity contribution in [3.8, 4) is 11.5 Å². The summed E-state index contributed by atoms with van der Waals surface area (Å²) in [5.74, 6) is 0.0557. The van der Waals surface area contributed by atoms with Crippen LogP contribution < -0.4 is 9.47 Å². The number of benzene rings is 1. The minimum absolute atomic E-state index is 0.0278. The molecule has 1 aliphatic rings. The first-order valence-electron chi connectivity index (χ1n) is 6.58. The summed E-state index contributed by atoms with van der Waals surface area (Å²) in [6.45, 7) is 5.42. The van der Waals surface area contributed by atoms with Gasteiger partial charge in [-0.05, 0) is 43.0 Å². The topological polar surface area (TPSA) is 18.5 Å². The van der Waals surface area contributed by atoms with Gasteiger partial charge in [0.25, 0.3) is 0 Å². The highest BCUT2D eigenvalue weighted by atomic mass is 35.5. The summed E-state index contributed by atoms with van der Waals surface area (Å²) in [7, 11) is 0. The van der Waals surface area contributed by atoms with Crippen LogP contribution in [0.25, 0.3) is 0 Å². The molecule has 0 atom stereocenters. The van der Waals surface area contributed by atoms with Crippen LogP contribution in [0.3, 0.4) is 0 Å². The van der Waals surface area contributed by atoms with E-state index >= 15 is 0 Å². The first kappa shape index (κ1) is 16.8. The molecule has 22 heavy (non-hydrogen) atoms. The minimum Gasteiger partial charge on any atom is -0.395 e. The Morgan fingerprint density at radius 2 is 1.95 bits per heavy atom. The quantitative estimate of drug-likeness (QED) is 0.630. The van der Waals surface area contributed by atoms with Crippen LogP contribution in [0.5, 0.6) is 11.5 Å². The molecular weight excluding hydrogens is 333 g/mol. The van der Waals surface area contributed by atoms with Crippen LogP contribution in [-0.2, 0) is 6.42 Å². The molecule has 2 nitrogen and oxygen atoms in total. The molecule has 1 aromatic carbocycles. The zero-order valence-electron chi connectivity index (χ0n) is 11.8. The third-order valence-corrected chi connectivity index (χ3v) is 3.97. The van der Waals surface area contributed by atoms with Gasteiger partial charge in [-0.15, -0.1) is 8.78 Å². The summed E-state index contributed by atoms with van der Waals surface area (Å²) < 4.78 is 34.7. The van der Waals surface area contributed by atoms with Crippen LogP contribution in [0, 0.1) is 0 Å². The molecule has 6 heteroatoms. The second-order valence-electron chi connectivity index (χ2n) is 4.62. The fraction of sp³-hybridized carbons (Fsp3) is 0.250. The summed E-state index contributed by atoms with van der Waals surface area (Å²) >= 11 is 12.2. The summed E-state index contributed by atoms with van der Waals surface area (Å²) in [5, 5.41) is 1.01. The highest BCUT2D eigenvalue weighted by Gasteiger charge is 2.43. The van der Waals surface area contributed by atoms with Gasteiger partial charge < -0.3 is 9.47 Å². The number of halogens is 4. The van der Waals surface area contributed by atoms with E-state index in [2.05, 4.69) is 16.1 Å². The summed E-state index contributed by atoms with van der Waals surface area (Å²) in [5.41, 5.74) is 1.57. The molecule has 0 bridgehead atoms. The average molecular weight is 347 g/mol. The Labute approximate surface area is 137 Å². The van der Waals surface area contributed by atoms with Gasteiger partial charge in [0, 0.05) is 10.1 Å². The van der Waals surface area contributed by atoms with Crippen molar-refractivity contribution in [3.05, 3.63) is 58.1 Å². The van der Waals surface area contributed by atoms with E-state index in [4.69, 9.17) is 23.2 Å². The van der Waals surface area contributed by atoms with Crippen LogP contribution in [0.4, 0.5) is 8.78 Å². The molecule has 0 fully saturated rings. The Bertz CT molecular complexity index is 652. The Morgan fingerprint density at radius 3 is 2.59 bits per heavy atom. The fourth-order valence-corrected chi connectivity index (χ4v) is 2.51. The molecule has 118 valence electrons. The van der Waals surface area contributed by atoms with E-state index in [1.54, 1.807) is 19.1 Å². The van der Waals surface area contributed by atoms with E-state index in [0.29, 0.717) is 22.9 Å². The van der Waals surface area contributed by atoms with Gasteiger partial charge in [0.1, 0.15) is 0 Å². The van der Waals surface area contributed by atoms with Crippen LogP contribution >= 0.6 is 23.2 Å². The number of alkyl halides is 2.